The largest absolute Gasteiger partial charge is 0.325 e. The smallest absolute Gasteiger partial charge is 0.123 e. The molecule has 2 rings (SSSR count). The van der Waals surface area contributed by atoms with E-state index < -0.39 is 0 Å². The van der Waals surface area contributed by atoms with Crippen LogP contribution in [0.3, 0.4) is 0 Å². The summed E-state index contributed by atoms with van der Waals surface area (Å²) < 4.78 is 13.3. The molecule has 1 atom stereocenters. The quantitative estimate of drug-likeness (QED) is 0.850. The lowest BCUT2D eigenvalue weighted by Gasteiger charge is -2.43. The maximum Gasteiger partial charge on any atom is 0.123 e. The molecule has 0 bridgehead atoms. The molecule has 1 aromatic carbocycles. The topological polar surface area (TPSA) is 26.0 Å². The van der Waals surface area contributed by atoms with Gasteiger partial charge < -0.3 is 5.73 Å². The van der Waals surface area contributed by atoms with E-state index in [2.05, 4.69) is 13.8 Å². The minimum Gasteiger partial charge on any atom is -0.325 e. The summed E-state index contributed by atoms with van der Waals surface area (Å²) in [6.45, 7) is 4.50. The molecule has 1 aliphatic rings. The normalized spacial score (nSPS) is 27.2. The van der Waals surface area contributed by atoms with E-state index in [4.69, 9.17) is 17.3 Å². The summed E-state index contributed by atoms with van der Waals surface area (Å²) in [4.78, 5) is 0. The summed E-state index contributed by atoms with van der Waals surface area (Å²) in [7, 11) is 0. The van der Waals surface area contributed by atoms with E-state index in [0.29, 0.717) is 11.4 Å². The van der Waals surface area contributed by atoms with Gasteiger partial charge in [0.25, 0.3) is 0 Å². The van der Waals surface area contributed by atoms with Gasteiger partial charge in [0.1, 0.15) is 5.82 Å². The van der Waals surface area contributed by atoms with Crippen LogP contribution in [0.5, 0.6) is 0 Å². The van der Waals surface area contributed by atoms with Crippen LogP contribution in [0.4, 0.5) is 4.39 Å². The van der Waals surface area contributed by atoms with Crippen molar-refractivity contribution in [3.8, 4) is 0 Å². The minimum atomic E-state index is -0.251. The number of halogens is 2. The first-order valence-corrected chi connectivity index (χ1v) is 6.90. The fourth-order valence-corrected chi connectivity index (χ4v) is 3.44. The molecule has 1 aliphatic carbocycles. The average molecular weight is 270 g/mol. The van der Waals surface area contributed by atoms with Crippen LogP contribution in [0.2, 0.25) is 5.02 Å². The summed E-state index contributed by atoms with van der Waals surface area (Å²) in [5.41, 5.74) is 7.35. The maximum atomic E-state index is 13.3. The Balaban J connectivity index is 2.19. The SMILES string of the molecule is CC1(C)CCCC(N)(Cc2cc(F)ccc2Cl)C1. The summed E-state index contributed by atoms with van der Waals surface area (Å²) in [5, 5.41) is 0.615. The van der Waals surface area contributed by atoms with E-state index >= 15 is 0 Å². The lowest BCUT2D eigenvalue weighted by Crippen LogP contribution is -2.48. The van der Waals surface area contributed by atoms with Crippen molar-refractivity contribution >= 4 is 11.6 Å². The lowest BCUT2D eigenvalue weighted by molar-refractivity contribution is 0.151. The molecule has 18 heavy (non-hydrogen) atoms. The Bertz CT molecular complexity index is 444. The lowest BCUT2D eigenvalue weighted by atomic mass is 9.66. The Morgan fingerprint density at radius 2 is 2.06 bits per heavy atom. The molecule has 0 heterocycles. The van der Waals surface area contributed by atoms with Crippen LogP contribution >= 0.6 is 11.6 Å². The molecule has 0 aromatic heterocycles. The van der Waals surface area contributed by atoms with E-state index in [1.54, 1.807) is 6.07 Å². The molecular formula is C15H21ClFN. The Hall–Kier alpha value is -0.600. The molecule has 2 N–H and O–H groups in total. The third kappa shape index (κ3) is 3.24. The monoisotopic (exact) mass is 269 g/mol. The van der Waals surface area contributed by atoms with Crippen LogP contribution in [0.15, 0.2) is 18.2 Å². The zero-order valence-corrected chi connectivity index (χ0v) is 11.9. The van der Waals surface area contributed by atoms with Gasteiger partial charge in [-0.3, -0.25) is 0 Å². The number of rotatable bonds is 2. The molecule has 3 heteroatoms. The van der Waals surface area contributed by atoms with Crippen molar-refractivity contribution in [3.05, 3.63) is 34.6 Å². The van der Waals surface area contributed by atoms with Gasteiger partial charge in [0.2, 0.25) is 0 Å². The molecule has 0 saturated heterocycles. The van der Waals surface area contributed by atoms with Gasteiger partial charge in [0, 0.05) is 10.6 Å². The fraction of sp³-hybridized carbons (Fsp3) is 0.600. The van der Waals surface area contributed by atoms with Crippen molar-refractivity contribution in [2.24, 2.45) is 11.1 Å². The maximum absolute atomic E-state index is 13.3. The highest BCUT2D eigenvalue weighted by Crippen LogP contribution is 2.41. The first-order valence-electron chi connectivity index (χ1n) is 6.53. The highest BCUT2D eigenvalue weighted by molar-refractivity contribution is 6.31. The summed E-state index contributed by atoms with van der Waals surface area (Å²) in [6, 6.07) is 4.52. The molecule has 1 saturated carbocycles. The standard InChI is InChI=1S/C15H21ClFN/c1-14(2)6-3-7-15(18,10-14)9-11-8-12(17)4-5-13(11)16/h4-5,8H,3,6-7,9-10,18H2,1-2H3. The predicted molar refractivity (Wildman–Crippen MR) is 74.3 cm³/mol. The van der Waals surface area contributed by atoms with Gasteiger partial charge in [-0.25, -0.2) is 4.39 Å². The van der Waals surface area contributed by atoms with E-state index in [0.717, 1.165) is 24.8 Å². The fourth-order valence-electron chi connectivity index (χ4n) is 3.26. The van der Waals surface area contributed by atoms with Crippen LogP contribution in [0.25, 0.3) is 0 Å². The van der Waals surface area contributed by atoms with Crippen molar-refractivity contribution in [2.75, 3.05) is 0 Å². The first-order chi connectivity index (χ1) is 8.30. The highest BCUT2D eigenvalue weighted by atomic mass is 35.5. The Labute approximate surface area is 114 Å². The van der Waals surface area contributed by atoms with Crippen LogP contribution in [-0.2, 0) is 6.42 Å². The average Bonchev–Trinajstić information content (AvgIpc) is 2.21. The van der Waals surface area contributed by atoms with Crippen LogP contribution in [-0.4, -0.2) is 5.54 Å². The second kappa shape index (κ2) is 4.82. The Kier molecular flexibility index (Phi) is 3.70. The van der Waals surface area contributed by atoms with Gasteiger partial charge >= 0.3 is 0 Å². The molecule has 100 valence electrons. The second-order valence-corrected chi connectivity index (χ2v) is 6.88. The van der Waals surface area contributed by atoms with Crippen molar-refractivity contribution < 1.29 is 4.39 Å². The van der Waals surface area contributed by atoms with Crippen molar-refractivity contribution in [1.82, 2.24) is 0 Å². The molecule has 1 fully saturated rings. The molecule has 0 radical (unpaired) electrons. The third-order valence-corrected chi connectivity index (χ3v) is 4.28. The zero-order valence-electron chi connectivity index (χ0n) is 11.1. The van der Waals surface area contributed by atoms with Gasteiger partial charge in [-0.1, -0.05) is 31.9 Å². The van der Waals surface area contributed by atoms with Crippen molar-refractivity contribution in [2.45, 2.75) is 51.5 Å². The van der Waals surface area contributed by atoms with Crippen molar-refractivity contribution in [3.63, 3.8) is 0 Å². The molecule has 1 aromatic rings. The second-order valence-electron chi connectivity index (χ2n) is 6.47. The van der Waals surface area contributed by atoms with Gasteiger partial charge in [-0.05, 0) is 54.9 Å². The summed E-state index contributed by atoms with van der Waals surface area (Å²) >= 11 is 6.13. The molecule has 1 nitrogen and oxygen atoms in total. The summed E-state index contributed by atoms with van der Waals surface area (Å²) in [6.07, 6.45) is 4.96. The van der Waals surface area contributed by atoms with E-state index in [1.807, 2.05) is 0 Å². The Morgan fingerprint density at radius 3 is 2.72 bits per heavy atom. The number of hydrogen-bond acceptors (Lipinski definition) is 1. The van der Waals surface area contributed by atoms with Crippen LogP contribution in [0, 0.1) is 11.2 Å². The third-order valence-electron chi connectivity index (χ3n) is 3.91. The number of nitrogens with two attached hydrogens (primary N) is 1. The van der Waals surface area contributed by atoms with E-state index in [-0.39, 0.29) is 16.8 Å². The van der Waals surface area contributed by atoms with E-state index in [1.165, 1.54) is 18.6 Å². The van der Waals surface area contributed by atoms with E-state index in [9.17, 15) is 4.39 Å². The first kappa shape index (κ1) is 13.8. The Morgan fingerprint density at radius 1 is 1.33 bits per heavy atom. The van der Waals surface area contributed by atoms with Gasteiger partial charge in [-0.15, -0.1) is 0 Å². The zero-order chi connectivity index (χ0) is 13.4. The molecule has 0 amide bonds. The van der Waals surface area contributed by atoms with Crippen molar-refractivity contribution in [1.29, 1.82) is 0 Å². The predicted octanol–water partition coefficient (Wildman–Crippen LogP) is 4.32. The molecule has 0 spiro atoms. The van der Waals surface area contributed by atoms with Gasteiger partial charge in [0.05, 0.1) is 0 Å². The molecule has 0 aliphatic heterocycles. The number of benzene rings is 1. The summed E-state index contributed by atoms with van der Waals surface area (Å²) in [5.74, 6) is -0.243. The molecular weight excluding hydrogens is 249 g/mol. The van der Waals surface area contributed by atoms with Crippen LogP contribution in [0.1, 0.15) is 45.1 Å². The van der Waals surface area contributed by atoms with Gasteiger partial charge in [-0.2, -0.15) is 0 Å². The number of hydrogen-bond donors (Lipinski definition) is 1. The highest BCUT2D eigenvalue weighted by Gasteiger charge is 2.37. The van der Waals surface area contributed by atoms with Crippen LogP contribution < -0.4 is 5.73 Å². The van der Waals surface area contributed by atoms with Gasteiger partial charge in [0.15, 0.2) is 0 Å². The minimum absolute atomic E-state index is 0.243. The molecule has 1 unspecified atom stereocenters.